The fourth-order valence-electron chi connectivity index (χ4n) is 1.94. The Morgan fingerprint density at radius 3 is 2.22 bits per heavy atom. The van der Waals surface area contributed by atoms with Crippen molar-refractivity contribution in [2.24, 2.45) is 0 Å². The Morgan fingerprint density at radius 2 is 1.72 bits per heavy atom. The topological polar surface area (TPSA) is 0 Å². The van der Waals surface area contributed by atoms with Crippen molar-refractivity contribution >= 4 is 34.5 Å². The van der Waals surface area contributed by atoms with Crippen LogP contribution in [0.1, 0.15) is 10.4 Å². The lowest BCUT2D eigenvalue weighted by Gasteiger charge is -2.29. The fourth-order valence-corrected chi connectivity index (χ4v) is 3.57. The molecule has 2 rings (SSSR count). The van der Waals surface area contributed by atoms with E-state index >= 15 is 0 Å². The van der Waals surface area contributed by atoms with E-state index in [9.17, 15) is 4.39 Å². The smallest absolute Gasteiger partial charge is 0.123 e. The van der Waals surface area contributed by atoms with Crippen LogP contribution in [0.25, 0.3) is 0 Å². The van der Waals surface area contributed by atoms with Gasteiger partial charge in [-0.2, -0.15) is 0 Å². The van der Waals surface area contributed by atoms with Gasteiger partial charge in [-0.1, -0.05) is 18.2 Å². The van der Waals surface area contributed by atoms with Gasteiger partial charge in [-0.25, -0.2) is 4.39 Å². The first-order valence-electron chi connectivity index (χ1n) is 5.60. The Hall–Kier alpha value is -0.570. The van der Waals surface area contributed by atoms with Crippen molar-refractivity contribution in [1.29, 1.82) is 0 Å². The summed E-state index contributed by atoms with van der Waals surface area (Å²) in [6.45, 7) is 0. The molecule has 0 nitrogen and oxygen atoms in total. The molecule has 0 radical (unpaired) electrons. The van der Waals surface area contributed by atoms with Gasteiger partial charge in [0, 0.05) is 22.1 Å². The molecule has 0 aliphatic carbocycles. The van der Waals surface area contributed by atoms with E-state index in [1.807, 2.05) is 11.4 Å². The van der Waals surface area contributed by atoms with Crippen molar-refractivity contribution in [3.63, 3.8) is 0 Å². The molecule has 1 aromatic carbocycles. The van der Waals surface area contributed by atoms with Crippen molar-refractivity contribution in [3.05, 3.63) is 58.0 Å². The summed E-state index contributed by atoms with van der Waals surface area (Å²) < 4.78 is 13.0. The summed E-state index contributed by atoms with van der Waals surface area (Å²) in [6.07, 6.45) is 0.781. The predicted molar refractivity (Wildman–Crippen MR) is 77.5 cm³/mol. The zero-order valence-corrected chi connectivity index (χ0v) is 12.0. The molecule has 1 heterocycles. The number of hydrogen-bond donors (Lipinski definition) is 0. The van der Waals surface area contributed by atoms with Crippen LogP contribution in [0, 0.1) is 5.82 Å². The highest BCUT2D eigenvalue weighted by atomic mass is 35.5. The minimum absolute atomic E-state index is 0.243. The molecule has 0 aliphatic rings. The summed E-state index contributed by atoms with van der Waals surface area (Å²) in [6, 6.07) is 10.5. The molecule has 0 atom stereocenters. The highest BCUT2D eigenvalue weighted by Gasteiger charge is 2.31. The molecule has 0 spiro atoms. The van der Waals surface area contributed by atoms with E-state index in [1.54, 1.807) is 23.5 Å². The van der Waals surface area contributed by atoms with Crippen molar-refractivity contribution in [3.8, 4) is 0 Å². The molecular formula is C14H13Cl2FS. The number of halogens is 3. The molecular weight excluding hydrogens is 290 g/mol. The van der Waals surface area contributed by atoms with Gasteiger partial charge in [0.1, 0.15) is 5.82 Å². The van der Waals surface area contributed by atoms with Crippen LogP contribution in [0.5, 0.6) is 0 Å². The first kappa shape index (κ1) is 13.9. The third kappa shape index (κ3) is 2.87. The van der Waals surface area contributed by atoms with Crippen LogP contribution in [0.15, 0.2) is 41.8 Å². The van der Waals surface area contributed by atoms with Crippen LogP contribution in [0.4, 0.5) is 4.39 Å². The van der Waals surface area contributed by atoms with Crippen LogP contribution in [0.2, 0.25) is 0 Å². The molecule has 0 saturated heterocycles. The molecule has 4 heteroatoms. The van der Waals surface area contributed by atoms with Gasteiger partial charge in [0.25, 0.3) is 0 Å². The molecule has 0 unspecified atom stereocenters. The Morgan fingerprint density at radius 1 is 1.06 bits per heavy atom. The highest BCUT2D eigenvalue weighted by molar-refractivity contribution is 7.09. The maximum atomic E-state index is 13.0. The van der Waals surface area contributed by atoms with Crippen molar-refractivity contribution < 1.29 is 4.39 Å². The van der Waals surface area contributed by atoms with Crippen LogP contribution in [0.3, 0.4) is 0 Å². The third-order valence-electron chi connectivity index (χ3n) is 3.06. The third-order valence-corrected chi connectivity index (χ3v) is 4.96. The average Bonchev–Trinajstić information content (AvgIpc) is 2.90. The van der Waals surface area contributed by atoms with Gasteiger partial charge in [-0.05, 0) is 35.6 Å². The summed E-state index contributed by atoms with van der Waals surface area (Å²) in [5.41, 5.74) is 0.657. The Bertz CT molecular complexity index is 475. The highest BCUT2D eigenvalue weighted by Crippen LogP contribution is 2.33. The van der Waals surface area contributed by atoms with E-state index < -0.39 is 0 Å². The summed E-state index contributed by atoms with van der Waals surface area (Å²) in [4.78, 5) is 1.24. The molecule has 18 heavy (non-hydrogen) atoms. The summed E-state index contributed by atoms with van der Waals surface area (Å²) in [7, 11) is 0. The molecule has 0 aliphatic heterocycles. The molecule has 1 aromatic heterocycles. The van der Waals surface area contributed by atoms with Gasteiger partial charge >= 0.3 is 0 Å². The maximum absolute atomic E-state index is 13.0. The summed E-state index contributed by atoms with van der Waals surface area (Å²) in [5.74, 6) is 0.591. The molecule has 0 amide bonds. The predicted octanol–water partition coefficient (Wildman–Crippen LogP) is 4.85. The summed E-state index contributed by atoms with van der Waals surface area (Å²) >= 11 is 14.0. The van der Waals surface area contributed by atoms with Crippen LogP contribution >= 0.6 is 34.5 Å². The summed E-state index contributed by atoms with van der Waals surface area (Å²) in [5, 5.41) is 2.03. The maximum Gasteiger partial charge on any atom is 0.123 e. The van der Waals surface area contributed by atoms with E-state index in [2.05, 4.69) is 6.07 Å². The number of benzene rings is 1. The van der Waals surface area contributed by atoms with E-state index in [0.29, 0.717) is 11.8 Å². The second-order valence-corrected chi connectivity index (χ2v) is 5.88. The first-order chi connectivity index (χ1) is 8.70. The Labute approximate surface area is 120 Å². The standard InChI is InChI=1S/C14H13Cl2FS/c15-9-14(10-16,8-13-2-1-7-18-13)11-3-5-12(17)6-4-11/h1-7H,8-10H2. The van der Waals surface area contributed by atoms with Gasteiger partial charge < -0.3 is 0 Å². The van der Waals surface area contributed by atoms with Crippen LogP contribution in [-0.2, 0) is 11.8 Å². The van der Waals surface area contributed by atoms with Gasteiger partial charge in [0.15, 0.2) is 0 Å². The van der Waals surface area contributed by atoms with Crippen LogP contribution < -0.4 is 0 Å². The van der Waals surface area contributed by atoms with Gasteiger partial charge in [0.05, 0.1) is 0 Å². The second-order valence-electron chi connectivity index (χ2n) is 4.31. The Balaban J connectivity index is 2.33. The molecule has 0 bridgehead atoms. The van der Waals surface area contributed by atoms with Gasteiger partial charge in [0.2, 0.25) is 0 Å². The van der Waals surface area contributed by atoms with E-state index in [4.69, 9.17) is 23.2 Å². The lowest BCUT2D eigenvalue weighted by molar-refractivity contribution is 0.538. The minimum Gasteiger partial charge on any atom is -0.207 e. The molecule has 2 aromatic rings. The van der Waals surface area contributed by atoms with Crippen LogP contribution in [-0.4, -0.2) is 11.8 Å². The number of rotatable bonds is 5. The Kier molecular flexibility index (Phi) is 4.66. The average molecular weight is 303 g/mol. The lowest BCUT2D eigenvalue weighted by atomic mass is 9.80. The quantitative estimate of drug-likeness (QED) is 0.693. The van der Waals surface area contributed by atoms with Crippen molar-refractivity contribution in [1.82, 2.24) is 0 Å². The van der Waals surface area contributed by atoms with E-state index in [0.717, 1.165) is 12.0 Å². The normalized spacial score (nSPS) is 11.7. The molecule has 0 N–H and O–H groups in total. The number of alkyl halides is 2. The molecule has 96 valence electrons. The fraction of sp³-hybridized carbons (Fsp3) is 0.286. The van der Waals surface area contributed by atoms with Gasteiger partial charge in [-0.3, -0.25) is 0 Å². The zero-order chi connectivity index (χ0) is 13.0. The number of hydrogen-bond acceptors (Lipinski definition) is 1. The number of thiophene rings is 1. The van der Waals surface area contributed by atoms with E-state index in [1.165, 1.54) is 17.0 Å². The minimum atomic E-state index is -0.332. The zero-order valence-electron chi connectivity index (χ0n) is 9.70. The van der Waals surface area contributed by atoms with Crippen molar-refractivity contribution in [2.45, 2.75) is 11.8 Å². The van der Waals surface area contributed by atoms with E-state index in [-0.39, 0.29) is 11.2 Å². The SMILES string of the molecule is Fc1ccc(C(CCl)(CCl)Cc2cccs2)cc1. The monoisotopic (exact) mass is 302 g/mol. The molecule has 0 fully saturated rings. The van der Waals surface area contributed by atoms with Gasteiger partial charge in [-0.15, -0.1) is 34.5 Å². The molecule has 0 saturated carbocycles. The van der Waals surface area contributed by atoms with Crippen molar-refractivity contribution in [2.75, 3.05) is 11.8 Å². The lowest BCUT2D eigenvalue weighted by Crippen LogP contribution is -2.33. The largest absolute Gasteiger partial charge is 0.207 e. The first-order valence-corrected chi connectivity index (χ1v) is 7.55. The second kappa shape index (κ2) is 6.05.